The molecule has 0 saturated heterocycles. The van der Waals surface area contributed by atoms with Crippen molar-refractivity contribution in [2.24, 2.45) is 0 Å². The van der Waals surface area contributed by atoms with Crippen molar-refractivity contribution in [2.45, 2.75) is 235 Å². The summed E-state index contributed by atoms with van der Waals surface area (Å²) < 4.78 is 19.3. The maximum atomic E-state index is 14.7. The Morgan fingerprint density at radius 1 is 0.347 bits per heavy atom. The summed E-state index contributed by atoms with van der Waals surface area (Å²) in [4.78, 5) is 86.8. The molecule has 0 aliphatic heterocycles. The largest absolute Gasteiger partial charge is 0.507 e. The van der Waals surface area contributed by atoms with Gasteiger partial charge in [-0.1, -0.05) is 161 Å². The minimum absolute atomic E-state index is 0.107. The van der Waals surface area contributed by atoms with Gasteiger partial charge in [0.25, 0.3) is 0 Å². The topological polar surface area (TPSA) is 206 Å². The first-order valence-corrected chi connectivity index (χ1v) is 26.0. The molecule has 3 aromatic carbocycles. The molecule has 0 aliphatic carbocycles. The summed E-state index contributed by atoms with van der Waals surface area (Å²) in [5.41, 5.74) is -1.88. The Morgan fingerprint density at radius 2 is 0.493 bits per heavy atom. The summed E-state index contributed by atoms with van der Waals surface area (Å²) in [6.07, 6.45) is -5.05. The molecule has 414 valence electrons. The Kier molecular flexibility index (Phi) is 17.3. The van der Waals surface area contributed by atoms with E-state index in [9.17, 15) is 44.1 Å². The van der Waals surface area contributed by atoms with Crippen LogP contribution in [0.5, 0.6) is 17.2 Å². The predicted molar refractivity (Wildman–Crippen MR) is 293 cm³/mol. The second-order valence-electron chi connectivity index (χ2n) is 26.6. The molecular formula is C60H87N3O12. The van der Waals surface area contributed by atoms with Crippen molar-refractivity contribution < 1.29 is 43.9 Å². The van der Waals surface area contributed by atoms with Crippen LogP contribution in [0.3, 0.4) is 0 Å². The Bertz CT molecular complexity index is 2560. The van der Waals surface area contributed by atoms with E-state index < -0.39 is 104 Å². The SMILES string of the molecule is CC(C(=O)OC(C)n1c(=O)n(C(C)OC(=O)C(C)c2cc(C(C)(C)C)c(O)c(C(C)(C)C)c2)c(=O)n(C(C)OC(=O)C(C)c2cc(C(C)(C)C)c(O)c(C(C)(C)C)c2)c1=O)c1cc(C(C)(C)C)c(O)c(C(C)(C)C)c1. The fraction of sp³-hybridized carbons (Fsp3) is 0.600. The normalized spacial score (nSPS) is 15.4. The lowest BCUT2D eigenvalue weighted by Crippen LogP contribution is -2.57. The number of aromatic nitrogens is 3. The molecule has 0 radical (unpaired) electrons. The van der Waals surface area contributed by atoms with Crippen molar-refractivity contribution in [2.75, 3.05) is 0 Å². The number of hydrogen-bond acceptors (Lipinski definition) is 12. The van der Waals surface area contributed by atoms with Gasteiger partial charge in [-0.25, -0.2) is 28.1 Å². The molecule has 0 amide bonds. The third-order valence-corrected chi connectivity index (χ3v) is 14.0. The van der Waals surface area contributed by atoms with E-state index in [1.165, 1.54) is 20.8 Å². The summed E-state index contributed by atoms with van der Waals surface area (Å²) in [5.74, 6) is -5.18. The van der Waals surface area contributed by atoms with E-state index in [1.807, 2.05) is 125 Å². The first-order valence-electron chi connectivity index (χ1n) is 26.0. The van der Waals surface area contributed by atoms with Gasteiger partial charge >= 0.3 is 35.0 Å². The Morgan fingerprint density at radius 3 is 0.627 bits per heavy atom. The number of hydrogen-bond donors (Lipinski definition) is 3. The molecule has 1 heterocycles. The van der Waals surface area contributed by atoms with Gasteiger partial charge in [-0.05, 0) is 124 Å². The molecule has 15 heteroatoms. The van der Waals surface area contributed by atoms with Crippen LogP contribution >= 0.6 is 0 Å². The molecule has 75 heavy (non-hydrogen) atoms. The summed E-state index contributed by atoms with van der Waals surface area (Å²) in [7, 11) is 0. The third-order valence-electron chi connectivity index (χ3n) is 14.0. The number of rotatable bonds is 12. The van der Waals surface area contributed by atoms with Crippen molar-refractivity contribution in [1.29, 1.82) is 0 Å². The van der Waals surface area contributed by atoms with Crippen LogP contribution in [0.2, 0.25) is 0 Å². The second kappa shape index (κ2) is 21.1. The molecular weight excluding hydrogens is 955 g/mol. The van der Waals surface area contributed by atoms with Gasteiger partial charge in [0.2, 0.25) is 0 Å². The zero-order valence-corrected chi connectivity index (χ0v) is 49.3. The van der Waals surface area contributed by atoms with Gasteiger partial charge in [-0.3, -0.25) is 14.4 Å². The average molecular weight is 1040 g/mol. The molecule has 0 saturated carbocycles. The number of aromatic hydroxyl groups is 3. The van der Waals surface area contributed by atoms with Crippen molar-refractivity contribution in [3.8, 4) is 17.2 Å². The van der Waals surface area contributed by atoms with Crippen LogP contribution in [0.1, 0.15) is 253 Å². The van der Waals surface area contributed by atoms with Crippen molar-refractivity contribution in [3.63, 3.8) is 0 Å². The highest BCUT2D eigenvalue weighted by atomic mass is 16.6. The van der Waals surface area contributed by atoms with Gasteiger partial charge in [0.15, 0.2) is 18.7 Å². The lowest BCUT2D eigenvalue weighted by Gasteiger charge is -2.29. The van der Waals surface area contributed by atoms with Gasteiger partial charge < -0.3 is 29.5 Å². The monoisotopic (exact) mass is 1040 g/mol. The number of esters is 3. The van der Waals surface area contributed by atoms with Gasteiger partial charge in [-0.15, -0.1) is 0 Å². The zero-order chi connectivity index (χ0) is 58.0. The highest BCUT2D eigenvalue weighted by Crippen LogP contribution is 2.44. The standard InChI is InChI=1S/C60H87N3O12/c1-31(37-25-40(55(7,8)9)46(64)41(26-37)56(10,11)12)49(67)73-34(4)61-52(70)62(35(5)74-50(68)32(2)38-27-42(57(13,14)15)47(65)43(28-38)58(16,17)18)54(72)63(53(61)71)36(6)75-51(69)33(3)39-29-44(59(19,20)21)48(66)45(30-39)60(22,23)24/h25-36,64-66H,1-24H3. The summed E-state index contributed by atoms with van der Waals surface area (Å²) in [5, 5.41) is 34.2. The summed E-state index contributed by atoms with van der Waals surface area (Å²) >= 11 is 0. The number of nitrogens with zero attached hydrogens (tertiary/aromatic N) is 3. The van der Waals surface area contributed by atoms with Crippen molar-refractivity contribution in [3.05, 3.63) is 118 Å². The van der Waals surface area contributed by atoms with Gasteiger partial charge in [0, 0.05) is 0 Å². The Hall–Kier alpha value is -6.12. The van der Waals surface area contributed by atoms with Crippen LogP contribution in [0, 0.1) is 0 Å². The van der Waals surface area contributed by atoms with Crippen molar-refractivity contribution in [1.82, 2.24) is 13.7 Å². The molecule has 3 N–H and O–H groups in total. The van der Waals surface area contributed by atoms with Crippen molar-refractivity contribution >= 4 is 17.9 Å². The molecule has 1 aromatic heterocycles. The number of ether oxygens (including phenoxy) is 3. The molecule has 0 bridgehead atoms. The number of phenolic OH excluding ortho intramolecular Hbond substituents is 3. The highest BCUT2D eigenvalue weighted by molar-refractivity contribution is 5.80. The lowest BCUT2D eigenvalue weighted by atomic mass is 9.77. The van der Waals surface area contributed by atoms with E-state index in [0.29, 0.717) is 63.8 Å². The molecule has 6 unspecified atom stereocenters. The van der Waals surface area contributed by atoms with Crippen LogP contribution < -0.4 is 17.1 Å². The molecule has 0 fully saturated rings. The first kappa shape index (κ1) is 61.4. The van der Waals surface area contributed by atoms with E-state index in [4.69, 9.17) is 14.2 Å². The molecule has 4 rings (SSSR count). The fourth-order valence-electron chi connectivity index (χ4n) is 9.05. The maximum Gasteiger partial charge on any atom is 0.342 e. The van der Waals surface area contributed by atoms with Crippen LogP contribution in [0.25, 0.3) is 0 Å². The smallest absolute Gasteiger partial charge is 0.342 e. The van der Waals surface area contributed by atoms with E-state index in [1.54, 1.807) is 57.2 Å². The van der Waals surface area contributed by atoms with Crippen LogP contribution in [0.15, 0.2) is 50.8 Å². The van der Waals surface area contributed by atoms with Crippen LogP contribution in [0.4, 0.5) is 0 Å². The van der Waals surface area contributed by atoms with Gasteiger partial charge in [0.05, 0.1) is 17.8 Å². The zero-order valence-electron chi connectivity index (χ0n) is 49.3. The predicted octanol–water partition coefficient (Wildman–Crippen LogP) is 11.7. The molecule has 0 aliphatic rings. The Labute approximate surface area is 444 Å². The maximum absolute atomic E-state index is 14.7. The third kappa shape index (κ3) is 13.1. The van der Waals surface area contributed by atoms with Gasteiger partial charge in [0.1, 0.15) is 17.2 Å². The highest BCUT2D eigenvalue weighted by Gasteiger charge is 2.36. The van der Waals surface area contributed by atoms with Crippen LogP contribution in [-0.2, 0) is 61.1 Å². The Balaban J connectivity index is 1.90. The fourth-order valence-corrected chi connectivity index (χ4v) is 9.05. The molecule has 0 spiro atoms. The quantitative estimate of drug-likeness (QED) is 0.0895. The van der Waals surface area contributed by atoms with E-state index in [0.717, 1.165) is 0 Å². The molecule has 4 aromatic rings. The average Bonchev–Trinajstić information content (AvgIpc) is 3.23. The lowest BCUT2D eigenvalue weighted by molar-refractivity contribution is -0.156. The number of carbonyl (C=O) groups is 3. The number of benzene rings is 3. The minimum atomic E-state index is -1.68. The first-order chi connectivity index (χ1) is 33.7. The second-order valence-corrected chi connectivity index (χ2v) is 26.6. The molecule has 15 nitrogen and oxygen atoms in total. The minimum Gasteiger partial charge on any atom is -0.507 e. The summed E-state index contributed by atoms with van der Waals surface area (Å²) in [6.45, 7) is 43.5. The van der Waals surface area contributed by atoms with E-state index >= 15 is 0 Å². The van der Waals surface area contributed by atoms with E-state index in [2.05, 4.69) is 0 Å². The number of carbonyl (C=O) groups excluding carboxylic acids is 3. The number of phenols is 3. The summed E-state index contributed by atoms with van der Waals surface area (Å²) in [6, 6.07) is 10.4. The van der Waals surface area contributed by atoms with Gasteiger partial charge in [-0.2, -0.15) is 0 Å². The molecule has 6 atom stereocenters. The van der Waals surface area contributed by atoms with E-state index in [-0.39, 0.29) is 17.2 Å². The van der Waals surface area contributed by atoms with Crippen LogP contribution in [-0.4, -0.2) is 46.9 Å².